The maximum Gasteiger partial charge on any atom is 0.191 e. The van der Waals surface area contributed by atoms with Crippen LogP contribution in [0.3, 0.4) is 0 Å². The van der Waals surface area contributed by atoms with E-state index in [-0.39, 0.29) is 6.04 Å². The van der Waals surface area contributed by atoms with Crippen LogP contribution in [0.2, 0.25) is 5.02 Å². The van der Waals surface area contributed by atoms with Crippen LogP contribution in [-0.2, 0) is 4.74 Å². The van der Waals surface area contributed by atoms with Gasteiger partial charge < -0.3 is 15.4 Å². The smallest absolute Gasteiger partial charge is 0.191 e. The molecule has 27 heavy (non-hydrogen) atoms. The summed E-state index contributed by atoms with van der Waals surface area (Å²) in [6.07, 6.45) is 7.89. The lowest BCUT2D eigenvalue weighted by Crippen LogP contribution is -2.47. The molecule has 7 heteroatoms. The van der Waals surface area contributed by atoms with Crippen molar-refractivity contribution in [3.63, 3.8) is 0 Å². The maximum absolute atomic E-state index is 6.05. The van der Waals surface area contributed by atoms with Crippen LogP contribution < -0.4 is 10.6 Å². The van der Waals surface area contributed by atoms with Crippen LogP contribution in [0.4, 0.5) is 0 Å². The molecule has 4 unspecified atom stereocenters. The van der Waals surface area contributed by atoms with Crippen molar-refractivity contribution < 1.29 is 4.74 Å². The molecule has 2 aromatic rings. The van der Waals surface area contributed by atoms with Crippen molar-refractivity contribution in [3.8, 4) is 0 Å². The van der Waals surface area contributed by atoms with Crippen molar-refractivity contribution in [2.45, 2.75) is 50.5 Å². The Labute approximate surface area is 165 Å². The minimum absolute atomic E-state index is 0.0176. The second-order valence-electron chi connectivity index (χ2n) is 7.13. The molecule has 2 aliphatic rings. The van der Waals surface area contributed by atoms with Gasteiger partial charge in [-0.2, -0.15) is 5.10 Å². The quantitative estimate of drug-likeness (QED) is 0.590. The summed E-state index contributed by atoms with van der Waals surface area (Å²) in [6, 6.07) is 10.2. The Hall–Kier alpha value is -2.05. The summed E-state index contributed by atoms with van der Waals surface area (Å²) >= 11 is 6.05. The molecule has 2 saturated heterocycles. The molecule has 0 spiro atoms. The molecule has 4 atom stereocenters. The SMILES string of the molecule is CCNC(=NCC(c1ccc(Cl)cc1)n1cccn1)NC1CC2CCC1O2. The number of fused-ring (bicyclic) bond motifs is 2. The zero-order valence-corrected chi connectivity index (χ0v) is 16.3. The molecule has 2 N–H and O–H groups in total. The average Bonchev–Trinajstić information content (AvgIpc) is 3.42. The van der Waals surface area contributed by atoms with Crippen LogP contribution in [0.1, 0.15) is 37.8 Å². The Balaban J connectivity index is 1.50. The van der Waals surface area contributed by atoms with Crippen LogP contribution in [0.15, 0.2) is 47.7 Å². The number of aliphatic imine (C=N–C) groups is 1. The molecule has 1 aromatic heterocycles. The van der Waals surface area contributed by atoms with Gasteiger partial charge >= 0.3 is 0 Å². The van der Waals surface area contributed by atoms with Gasteiger partial charge in [-0.1, -0.05) is 23.7 Å². The zero-order valence-electron chi connectivity index (χ0n) is 15.5. The third-order valence-electron chi connectivity index (χ3n) is 5.29. The highest BCUT2D eigenvalue weighted by atomic mass is 35.5. The van der Waals surface area contributed by atoms with E-state index in [2.05, 4.69) is 22.7 Å². The van der Waals surface area contributed by atoms with Gasteiger partial charge in [-0.25, -0.2) is 0 Å². The van der Waals surface area contributed by atoms with E-state index in [1.165, 1.54) is 6.42 Å². The molecule has 1 aromatic carbocycles. The fraction of sp³-hybridized carbons (Fsp3) is 0.500. The Morgan fingerprint density at radius 3 is 2.85 bits per heavy atom. The lowest BCUT2D eigenvalue weighted by atomic mass is 9.96. The van der Waals surface area contributed by atoms with Crippen LogP contribution in [-0.4, -0.2) is 47.1 Å². The van der Waals surface area contributed by atoms with Crippen molar-refractivity contribution in [2.24, 2.45) is 4.99 Å². The van der Waals surface area contributed by atoms with Gasteiger partial charge in [-0.3, -0.25) is 9.67 Å². The largest absolute Gasteiger partial charge is 0.373 e. The Morgan fingerprint density at radius 2 is 2.22 bits per heavy atom. The molecule has 2 bridgehead atoms. The van der Waals surface area contributed by atoms with Crippen LogP contribution >= 0.6 is 11.6 Å². The summed E-state index contributed by atoms with van der Waals surface area (Å²) in [5.41, 5.74) is 1.13. The number of guanidine groups is 1. The lowest BCUT2D eigenvalue weighted by Gasteiger charge is -2.23. The number of aromatic nitrogens is 2. The number of nitrogens with zero attached hydrogens (tertiary/aromatic N) is 3. The minimum atomic E-state index is 0.0176. The third kappa shape index (κ3) is 4.28. The first kappa shape index (κ1) is 18.3. The molecular weight excluding hydrogens is 362 g/mol. The lowest BCUT2D eigenvalue weighted by molar-refractivity contribution is 0.0992. The molecule has 4 rings (SSSR count). The van der Waals surface area contributed by atoms with Gasteiger partial charge in [0.25, 0.3) is 0 Å². The molecule has 6 nitrogen and oxygen atoms in total. The Kier molecular flexibility index (Phi) is 5.64. The van der Waals surface area contributed by atoms with E-state index in [9.17, 15) is 0 Å². The van der Waals surface area contributed by atoms with Crippen molar-refractivity contribution >= 4 is 17.6 Å². The van der Waals surface area contributed by atoms with Gasteiger partial charge in [-0.15, -0.1) is 0 Å². The van der Waals surface area contributed by atoms with Crippen LogP contribution in [0.25, 0.3) is 0 Å². The maximum atomic E-state index is 6.05. The van der Waals surface area contributed by atoms with E-state index in [1.54, 1.807) is 6.20 Å². The number of nitrogens with one attached hydrogen (secondary N) is 2. The average molecular weight is 388 g/mol. The number of benzene rings is 1. The second-order valence-corrected chi connectivity index (χ2v) is 7.57. The minimum Gasteiger partial charge on any atom is -0.373 e. The fourth-order valence-electron chi connectivity index (χ4n) is 3.95. The van der Waals surface area contributed by atoms with E-state index in [1.807, 2.05) is 41.2 Å². The van der Waals surface area contributed by atoms with Crippen LogP contribution in [0, 0.1) is 0 Å². The number of ether oxygens (including phenoxy) is 1. The van der Waals surface area contributed by atoms with Gasteiger partial charge in [0.1, 0.15) is 0 Å². The third-order valence-corrected chi connectivity index (χ3v) is 5.55. The number of rotatable bonds is 6. The first-order chi connectivity index (χ1) is 13.2. The Morgan fingerprint density at radius 1 is 1.37 bits per heavy atom. The summed E-state index contributed by atoms with van der Waals surface area (Å²) in [5, 5.41) is 12.1. The molecule has 3 heterocycles. The van der Waals surface area contributed by atoms with Gasteiger partial charge in [0.15, 0.2) is 5.96 Å². The van der Waals surface area contributed by atoms with Crippen molar-refractivity contribution in [1.29, 1.82) is 0 Å². The molecule has 0 radical (unpaired) electrons. The zero-order chi connectivity index (χ0) is 18.6. The summed E-state index contributed by atoms with van der Waals surface area (Å²) in [7, 11) is 0. The first-order valence-corrected chi connectivity index (χ1v) is 10.1. The number of halogens is 1. The van der Waals surface area contributed by atoms with Crippen LogP contribution in [0.5, 0.6) is 0 Å². The molecular formula is C20H26ClN5O. The molecule has 0 saturated carbocycles. The normalized spacial score (nSPS) is 25.6. The predicted octanol–water partition coefficient (Wildman–Crippen LogP) is 3.00. The van der Waals surface area contributed by atoms with E-state index in [4.69, 9.17) is 21.3 Å². The monoisotopic (exact) mass is 387 g/mol. The van der Waals surface area contributed by atoms with Crippen molar-refractivity contribution in [2.75, 3.05) is 13.1 Å². The molecule has 0 amide bonds. The Bertz CT molecular complexity index is 761. The predicted molar refractivity (Wildman–Crippen MR) is 107 cm³/mol. The topological polar surface area (TPSA) is 63.5 Å². The highest BCUT2D eigenvalue weighted by Crippen LogP contribution is 2.34. The van der Waals surface area contributed by atoms with E-state index in [0.717, 1.165) is 35.9 Å². The number of hydrogen-bond acceptors (Lipinski definition) is 3. The van der Waals surface area contributed by atoms with Gasteiger partial charge in [0, 0.05) is 24.0 Å². The van der Waals surface area contributed by atoms with Gasteiger partial charge in [0.05, 0.1) is 30.8 Å². The van der Waals surface area contributed by atoms with Gasteiger partial charge in [-0.05, 0) is 49.9 Å². The standard InChI is InChI=1S/C20H26ClN5O/c1-2-22-20(25-17-12-16-8-9-19(17)27-16)23-13-18(26-11-3-10-24-26)14-4-6-15(21)7-5-14/h3-7,10-11,16-19H,2,8-9,12-13H2,1H3,(H2,22,23,25). The van der Waals surface area contributed by atoms with E-state index in [0.29, 0.717) is 24.8 Å². The first-order valence-electron chi connectivity index (χ1n) is 9.68. The van der Waals surface area contributed by atoms with Crippen molar-refractivity contribution in [1.82, 2.24) is 20.4 Å². The highest BCUT2D eigenvalue weighted by molar-refractivity contribution is 6.30. The molecule has 144 valence electrons. The van der Waals surface area contributed by atoms with Crippen molar-refractivity contribution in [3.05, 3.63) is 53.3 Å². The molecule has 0 aliphatic carbocycles. The molecule has 2 aliphatic heterocycles. The number of hydrogen-bond donors (Lipinski definition) is 2. The highest BCUT2D eigenvalue weighted by Gasteiger charge is 2.41. The van der Waals surface area contributed by atoms with E-state index < -0.39 is 0 Å². The van der Waals surface area contributed by atoms with E-state index >= 15 is 0 Å². The summed E-state index contributed by atoms with van der Waals surface area (Å²) in [6.45, 7) is 3.49. The van der Waals surface area contributed by atoms with Gasteiger partial charge in [0.2, 0.25) is 0 Å². The molecule has 2 fully saturated rings. The second kappa shape index (κ2) is 8.31. The summed E-state index contributed by atoms with van der Waals surface area (Å²) in [4.78, 5) is 4.86. The summed E-state index contributed by atoms with van der Waals surface area (Å²) < 4.78 is 7.90. The fourth-order valence-corrected chi connectivity index (χ4v) is 4.08. The summed E-state index contributed by atoms with van der Waals surface area (Å²) in [5.74, 6) is 0.838.